The first-order chi connectivity index (χ1) is 9.04. The molecular formula is C16H15F2N. The third-order valence-electron chi connectivity index (χ3n) is 3.02. The number of hydrogen-bond donors (Lipinski definition) is 0. The summed E-state index contributed by atoms with van der Waals surface area (Å²) in [5, 5.41) is 0. The lowest BCUT2D eigenvalue weighted by molar-refractivity contribution is 0.583. The molecule has 0 bridgehead atoms. The fourth-order valence-corrected chi connectivity index (χ4v) is 1.98. The van der Waals surface area contributed by atoms with E-state index in [0.717, 1.165) is 11.3 Å². The maximum Gasteiger partial charge on any atom is 0.136 e. The van der Waals surface area contributed by atoms with Gasteiger partial charge in [0.1, 0.15) is 11.6 Å². The van der Waals surface area contributed by atoms with Gasteiger partial charge in [0.05, 0.1) is 11.3 Å². The van der Waals surface area contributed by atoms with Crippen LogP contribution < -0.4 is 0 Å². The van der Waals surface area contributed by atoms with Crippen molar-refractivity contribution in [3.05, 3.63) is 58.9 Å². The molecule has 1 nitrogen and oxygen atoms in total. The van der Waals surface area contributed by atoms with E-state index >= 15 is 0 Å². The number of halogens is 2. The van der Waals surface area contributed by atoms with Gasteiger partial charge < -0.3 is 0 Å². The monoisotopic (exact) mass is 259 g/mol. The number of pyridine rings is 1. The second-order valence-electron chi connectivity index (χ2n) is 4.48. The number of allylic oxidation sites excluding steroid dienone is 1. The molecule has 3 heteroatoms. The molecule has 0 aliphatic rings. The lowest BCUT2D eigenvalue weighted by Crippen LogP contribution is -1.96. The zero-order chi connectivity index (χ0) is 14.0. The van der Waals surface area contributed by atoms with Gasteiger partial charge in [0.25, 0.3) is 0 Å². The van der Waals surface area contributed by atoms with Crippen LogP contribution in [0.5, 0.6) is 0 Å². The van der Waals surface area contributed by atoms with Gasteiger partial charge in [-0.05, 0) is 50.1 Å². The average molecular weight is 259 g/mol. The summed E-state index contributed by atoms with van der Waals surface area (Å²) < 4.78 is 27.9. The second kappa shape index (κ2) is 5.31. The van der Waals surface area contributed by atoms with E-state index in [4.69, 9.17) is 0 Å². The lowest BCUT2D eigenvalue weighted by atomic mass is 10.0. The third kappa shape index (κ3) is 2.55. The van der Waals surface area contributed by atoms with Crippen molar-refractivity contribution in [3.8, 4) is 11.1 Å². The van der Waals surface area contributed by atoms with Gasteiger partial charge in [0.15, 0.2) is 0 Å². The first-order valence-corrected chi connectivity index (χ1v) is 6.09. The maximum absolute atomic E-state index is 14.0. The molecule has 2 rings (SSSR count). The molecule has 0 fully saturated rings. The molecule has 0 atom stereocenters. The molecule has 0 unspecified atom stereocenters. The Kier molecular flexibility index (Phi) is 3.74. The second-order valence-corrected chi connectivity index (χ2v) is 4.48. The normalized spacial score (nSPS) is 11.2. The van der Waals surface area contributed by atoms with Crippen LogP contribution in [0.1, 0.15) is 23.7 Å². The predicted octanol–water partition coefficient (Wildman–Crippen LogP) is 4.68. The minimum Gasteiger partial charge on any atom is -0.256 e. The standard InChI is InChI=1S/C16H15F2N/c1-4-5-14-11(3)8-12(9-19-14)15-13(17)7-6-10(2)16(15)18/h4-9H,1-3H3/b5-4-. The predicted molar refractivity (Wildman–Crippen MR) is 73.8 cm³/mol. The van der Waals surface area contributed by atoms with Gasteiger partial charge in [-0.2, -0.15) is 0 Å². The summed E-state index contributed by atoms with van der Waals surface area (Å²) in [7, 11) is 0. The van der Waals surface area contributed by atoms with E-state index in [2.05, 4.69) is 4.98 Å². The Morgan fingerprint density at radius 3 is 2.47 bits per heavy atom. The van der Waals surface area contributed by atoms with Crippen molar-refractivity contribution < 1.29 is 8.78 Å². The Morgan fingerprint density at radius 2 is 1.84 bits per heavy atom. The van der Waals surface area contributed by atoms with Crippen molar-refractivity contribution in [1.82, 2.24) is 4.98 Å². The summed E-state index contributed by atoms with van der Waals surface area (Å²) in [5.74, 6) is -1.09. The van der Waals surface area contributed by atoms with Crippen LogP contribution in [0, 0.1) is 25.5 Å². The zero-order valence-corrected chi connectivity index (χ0v) is 11.2. The Hall–Kier alpha value is -2.03. The first-order valence-electron chi connectivity index (χ1n) is 6.09. The molecule has 2 aromatic rings. The van der Waals surface area contributed by atoms with E-state index in [-0.39, 0.29) is 5.56 Å². The van der Waals surface area contributed by atoms with Gasteiger partial charge in [-0.1, -0.05) is 12.1 Å². The molecule has 0 N–H and O–H groups in total. The SMILES string of the molecule is C/C=C\c1ncc(-c2c(F)ccc(C)c2F)cc1C. The molecule has 1 aromatic heterocycles. The molecule has 0 radical (unpaired) electrons. The van der Waals surface area contributed by atoms with Crippen LogP contribution in [-0.2, 0) is 0 Å². The van der Waals surface area contributed by atoms with Crippen LogP contribution >= 0.6 is 0 Å². The van der Waals surface area contributed by atoms with E-state index in [1.54, 1.807) is 13.0 Å². The number of hydrogen-bond acceptors (Lipinski definition) is 1. The number of aromatic nitrogens is 1. The van der Waals surface area contributed by atoms with Crippen molar-refractivity contribution in [2.75, 3.05) is 0 Å². The molecule has 0 saturated heterocycles. The van der Waals surface area contributed by atoms with Gasteiger partial charge in [0, 0.05) is 11.8 Å². The van der Waals surface area contributed by atoms with Crippen molar-refractivity contribution >= 4 is 6.08 Å². The number of benzene rings is 1. The summed E-state index contributed by atoms with van der Waals surface area (Å²) >= 11 is 0. The Balaban J connectivity index is 2.60. The van der Waals surface area contributed by atoms with Crippen LogP contribution in [0.4, 0.5) is 8.78 Å². The first kappa shape index (κ1) is 13.4. The summed E-state index contributed by atoms with van der Waals surface area (Å²) in [6.07, 6.45) is 5.24. The topological polar surface area (TPSA) is 12.9 Å². The van der Waals surface area contributed by atoms with Crippen LogP contribution in [0.15, 0.2) is 30.5 Å². The summed E-state index contributed by atoms with van der Waals surface area (Å²) in [6, 6.07) is 4.47. The highest BCUT2D eigenvalue weighted by Crippen LogP contribution is 2.28. The van der Waals surface area contributed by atoms with Gasteiger partial charge in [-0.3, -0.25) is 4.98 Å². The zero-order valence-electron chi connectivity index (χ0n) is 11.2. The molecule has 1 heterocycles. The molecule has 19 heavy (non-hydrogen) atoms. The smallest absolute Gasteiger partial charge is 0.136 e. The molecular weight excluding hydrogens is 244 g/mol. The number of nitrogens with zero attached hydrogens (tertiary/aromatic N) is 1. The van der Waals surface area contributed by atoms with Gasteiger partial charge in [0.2, 0.25) is 0 Å². The lowest BCUT2D eigenvalue weighted by Gasteiger charge is -2.09. The minimum atomic E-state index is -0.567. The molecule has 0 spiro atoms. The minimum absolute atomic E-state index is 0.0115. The molecule has 0 aliphatic heterocycles. The van der Waals surface area contributed by atoms with E-state index in [0.29, 0.717) is 11.1 Å². The molecule has 0 amide bonds. The fourth-order valence-electron chi connectivity index (χ4n) is 1.98. The molecule has 1 aromatic carbocycles. The maximum atomic E-state index is 14.0. The van der Waals surface area contributed by atoms with E-state index in [1.807, 2.05) is 26.0 Å². The van der Waals surface area contributed by atoms with E-state index in [9.17, 15) is 8.78 Å². The number of rotatable bonds is 2. The molecule has 98 valence electrons. The highest BCUT2D eigenvalue weighted by molar-refractivity contribution is 5.67. The van der Waals surface area contributed by atoms with Crippen molar-refractivity contribution in [3.63, 3.8) is 0 Å². The molecule has 0 aliphatic carbocycles. The van der Waals surface area contributed by atoms with Crippen molar-refractivity contribution in [2.45, 2.75) is 20.8 Å². The fraction of sp³-hybridized carbons (Fsp3) is 0.188. The Morgan fingerprint density at radius 1 is 1.11 bits per heavy atom. The van der Waals surface area contributed by atoms with Crippen LogP contribution in [0.25, 0.3) is 17.2 Å². The Labute approximate surface area is 111 Å². The van der Waals surface area contributed by atoms with Crippen LogP contribution in [-0.4, -0.2) is 4.98 Å². The van der Waals surface area contributed by atoms with Crippen molar-refractivity contribution in [2.24, 2.45) is 0 Å². The van der Waals surface area contributed by atoms with Gasteiger partial charge in [-0.15, -0.1) is 0 Å². The molecule has 0 saturated carbocycles. The average Bonchev–Trinajstić information content (AvgIpc) is 2.38. The van der Waals surface area contributed by atoms with E-state index in [1.165, 1.54) is 18.3 Å². The summed E-state index contributed by atoms with van der Waals surface area (Å²) in [6.45, 7) is 5.39. The highest BCUT2D eigenvalue weighted by Gasteiger charge is 2.14. The van der Waals surface area contributed by atoms with Gasteiger partial charge >= 0.3 is 0 Å². The number of aryl methyl sites for hydroxylation is 2. The highest BCUT2D eigenvalue weighted by atomic mass is 19.1. The largest absolute Gasteiger partial charge is 0.256 e. The third-order valence-corrected chi connectivity index (χ3v) is 3.02. The summed E-state index contributed by atoms with van der Waals surface area (Å²) in [5.41, 5.74) is 2.56. The van der Waals surface area contributed by atoms with Gasteiger partial charge in [-0.25, -0.2) is 8.78 Å². The Bertz CT molecular complexity index is 645. The summed E-state index contributed by atoms with van der Waals surface area (Å²) in [4.78, 5) is 4.24. The van der Waals surface area contributed by atoms with Crippen LogP contribution in [0.2, 0.25) is 0 Å². The van der Waals surface area contributed by atoms with Crippen LogP contribution in [0.3, 0.4) is 0 Å². The van der Waals surface area contributed by atoms with E-state index < -0.39 is 11.6 Å². The van der Waals surface area contributed by atoms with Crippen molar-refractivity contribution in [1.29, 1.82) is 0 Å². The quantitative estimate of drug-likeness (QED) is 0.763.